The molecule has 0 radical (unpaired) electrons. The predicted molar refractivity (Wildman–Crippen MR) is 84.1 cm³/mol. The minimum Gasteiger partial charge on any atom is -0.314 e. The number of hydrogen-bond acceptors (Lipinski definition) is 2. The largest absolute Gasteiger partial charge is 0.314 e. The van der Waals surface area contributed by atoms with Gasteiger partial charge in [-0.15, -0.1) is 24.8 Å². The average molecular weight is 368 g/mol. The van der Waals surface area contributed by atoms with Crippen molar-refractivity contribution in [3.05, 3.63) is 33.8 Å². The fourth-order valence-corrected chi connectivity index (χ4v) is 2.76. The van der Waals surface area contributed by atoms with Gasteiger partial charge in [0.25, 0.3) is 6.43 Å². The third-order valence-electron chi connectivity index (χ3n) is 3.01. The Hall–Kier alpha value is 0.160. The number of benzene rings is 1. The van der Waals surface area contributed by atoms with Crippen LogP contribution in [0, 0.1) is 0 Å². The molecule has 1 atom stereocenters. The van der Waals surface area contributed by atoms with Crippen molar-refractivity contribution < 1.29 is 8.78 Å². The quantitative estimate of drug-likeness (QED) is 0.866. The fourth-order valence-electron chi connectivity index (χ4n) is 2.22. The molecule has 8 heteroatoms. The van der Waals surface area contributed by atoms with Crippen molar-refractivity contribution in [3.63, 3.8) is 0 Å². The van der Waals surface area contributed by atoms with Crippen LogP contribution in [-0.4, -0.2) is 37.5 Å². The first-order chi connectivity index (χ1) is 8.58. The molecule has 1 aromatic rings. The summed E-state index contributed by atoms with van der Waals surface area (Å²) < 4.78 is 26.6. The highest BCUT2D eigenvalue weighted by Gasteiger charge is 2.30. The van der Waals surface area contributed by atoms with E-state index in [0.29, 0.717) is 28.7 Å². The lowest BCUT2D eigenvalue weighted by Crippen LogP contribution is -2.46. The van der Waals surface area contributed by atoms with Crippen LogP contribution in [0.3, 0.4) is 0 Å². The van der Waals surface area contributed by atoms with Crippen LogP contribution in [0.15, 0.2) is 18.2 Å². The van der Waals surface area contributed by atoms with Gasteiger partial charge >= 0.3 is 0 Å². The number of nitrogens with one attached hydrogen (secondary N) is 1. The highest BCUT2D eigenvalue weighted by atomic mass is 35.5. The van der Waals surface area contributed by atoms with E-state index in [2.05, 4.69) is 5.32 Å². The van der Waals surface area contributed by atoms with Gasteiger partial charge in [-0.1, -0.05) is 23.2 Å². The molecule has 2 rings (SSSR count). The number of rotatable bonds is 3. The lowest BCUT2D eigenvalue weighted by molar-refractivity contribution is 0.0182. The number of alkyl halides is 2. The fraction of sp³-hybridized carbons (Fsp3) is 0.500. The molecule has 0 unspecified atom stereocenters. The van der Waals surface area contributed by atoms with E-state index in [-0.39, 0.29) is 24.8 Å². The summed E-state index contributed by atoms with van der Waals surface area (Å²) >= 11 is 11.8. The molecule has 1 fully saturated rings. The lowest BCUT2D eigenvalue weighted by atomic mass is 10.0. The molecule has 1 heterocycles. The highest BCUT2D eigenvalue weighted by Crippen LogP contribution is 2.31. The Morgan fingerprint density at radius 2 is 1.50 bits per heavy atom. The molecule has 1 aliphatic rings. The molecule has 1 aliphatic heterocycles. The van der Waals surface area contributed by atoms with E-state index in [9.17, 15) is 8.78 Å². The Labute approximate surface area is 139 Å². The van der Waals surface area contributed by atoms with Gasteiger partial charge in [-0.25, -0.2) is 8.78 Å². The van der Waals surface area contributed by atoms with E-state index in [1.165, 1.54) is 0 Å². The summed E-state index contributed by atoms with van der Waals surface area (Å²) in [6.07, 6.45) is -2.46. The molecular formula is C12H16Cl4F2N2. The van der Waals surface area contributed by atoms with Gasteiger partial charge in [0.05, 0.1) is 6.04 Å². The van der Waals surface area contributed by atoms with Crippen molar-refractivity contribution in [1.82, 2.24) is 10.2 Å². The van der Waals surface area contributed by atoms with Crippen molar-refractivity contribution >= 4 is 48.0 Å². The second-order valence-corrected chi connectivity index (χ2v) is 5.14. The third-order valence-corrected chi connectivity index (χ3v) is 3.45. The van der Waals surface area contributed by atoms with Crippen molar-refractivity contribution in [3.8, 4) is 0 Å². The first-order valence-corrected chi connectivity index (χ1v) is 6.52. The Balaban J connectivity index is 0.00000180. The summed E-state index contributed by atoms with van der Waals surface area (Å²) in [6.45, 7) is 2.63. The van der Waals surface area contributed by atoms with Crippen molar-refractivity contribution in [2.75, 3.05) is 26.2 Å². The van der Waals surface area contributed by atoms with E-state index in [1.807, 2.05) is 0 Å². The van der Waals surface area contributed by atoms with Crippen LogP contribution in [0.25, 0.3) is 0 Å². The van der Waals surface area contributed by atoms with Crippen molar-refractivity contribution in [2.24, 2.45) is 0 Å². The molecule has 20 heavy (non-hydrogen) atoms. The smallest absolute Gasteiger partial charge is 0.258 e. The first-order valence-electron chi connectivity index (χ1n) is 5.77. The minimum absolute atomic E-state index is 0. The van der Waals surface area contributed by atoms with Crippen molar-refractivity contribution in [1.29, 1.82) is 0 Å². The van der Waals surface area contributed by atoms with Crippen LogP contribution in [-0.2, 0) is 0 Å². The maximum Gasteiger partial charge on any atom is 0.258 e. The molecule has 0 bridgehead atoms. The summed E-state index contributed by atoms with van der Waals surface area (Å²) in [5.41, 5.74) is 0.476. The van der Waals surface area contributed by atoms with Gasteiger partial charge in [0.2, 0.25) is 0 Å². The van der Waals surface area contributed by atoms with Crippen LogP contribution in [0.5, 0.6) is 0 Å². The number of hydrogen-bond donors (Lipinski definition) is 1. The topological polar surface area (TPSA) is 15.3 Å². The molecule has 116 valence electrons. The zero-order valence-corrected chi connectivity index (χ0v) is 13.6. The number of halogens is 6. The number of nitrogens with zero attached hydrogens (tertiary/aromatic N) is 1. The van der Waals surface area contributed by atoms with Gasteiger partial charge in [0.15, 0.2) is 0 Å². The molecule has 0 spiro atoms. The van der Waals surface area contributed by atoms with Gasteiger partial charge in [0, 0.05) is 36.2 Å². The Kier molecular flexibility index (Phi) is 9.31. The molecule has 1 N–H and O–H groups in total. The first kappa shape index (κ1) is 20.2. The van der Waals surface area contributed by atoms with Crippen molar-refractivity contribution in [2.45, 2.75) is 12.5 Å². The molecular weight excluding hydrogens is 352 g/mol. The highest BCUT2D eigenvalue weighted by molar-refractivity contribution is 6.34. The van der Waals surface area contributed by atoms with Crippen LogP contribution in [0.4, 0.5) is 8.78 Å². The zero-order chi connectivity index (χ0) is 13.1. The Bertz CT molecular complexity index is 394. The maximum absolute atomic E-state index is 13.3. The summed E-state index contributed by atoms with van der Waals surface area (Å²) in [5.74, 6) is 0. The Morgan fingerprint density at radius 3 is 1.95 bits per heavy atom. The van der Waals surface area contributed by atoms with E-state index < -0.39 is 12.5 Å². The SMILES string of the molecule is Cl.Cl.FC(F)[C@@H](c1cc(Cl)cc(Cl)c1)N1CCNCC1. The normalized spacial score (nSPS) is 17.2. The van der Waals surface area contributed by atoms with Crippen LogP contribution in [0.2, 0.25) is 10.0 Å². The van der Waals surface area contributed by atoms with Gasteiger partial charge in [0.1, 0.15) is 0 Å². The second-order valence-electron chi connectivity index (χ2n) is 4.27. The zero-order valence-electron chi connectivity index (χ0n) is 10.5. The summed E-state index contributed by atoms with van der Waals surface area (Å²) in [6, 6.07) is 3.73. The molecule has 1 saturated heterocycles. The summed E-state index contributed by atoms with van der Waals surface area (Å²) in [7, 11) is 0. The van der Waals surface area contributed by atoms with E-state index in [0.717, 1.165) is 13.1 Å². The van der Waals surface area contributed by atoms with E-state index in [1.54, 1.807) is 23.1 Å². The van der Waals surface area contributed by atoms with Gasteiger partial charge in [-0.2, -0.15) is 0 Å². The van der Waals surface area contributed by atoms with E-state index in [4.69, 9.17) is 23.2 Å². The molecule has 0 saturated carbocycles. The van der Waals surface area contributed by atoms with Crippen LogP contribution in [0.1, 0.15) is 11.6 Å². The molecule has 1 aromatic carbocycles. The second kappa shape index (κ2) is 9.23. The standard InChI is InChI=1S/C12H14Cl2F2N2.2ClH/c13-9-5-8(6-10(14)7-9)11(12(15)16)18-3-1-17-2-4-18;;/h5-7,11-12,17H,1-4H2;2*1H/t11-;;/m1../s1. The number of piperazine rings is 1. The summed E-state index contributed by atoms with van der Waals surface area (Å²) in [5, 5.41) is 3.92. The lowest BCUT2D eigenvalue weighted by Gasteiger charge is -2.34. The monoisotopic (exact) mass is 366 g/mol. The molecule has 2 nitrogen and oxygen atoms in total. The molecule has 0 amide bonds. The average Bonchev–Trinajstić information content (AvgIpc) is 2.28. The van der Waals surface area contributed by atoms with Crippen LogP contribution < -0.4 is 5.32 Å². The summed E-state index contributed by atoms with van der Waals surface area (Å²) in [4.78, 5) is 1.77. The van der Waals surface area contributed by atoms with Crippen LogP contribution >= 0.6 is 48.0 Å². The maximum atomic E-state index is 13.3. The van der Waals surface area contributed by atoms with E-state index >= 15 is 0 Å². The predicted octanol–water partition coefficient (Wildman–Crippen LogP) is 4.05. The molecule has 0 aromatic heterocycles. The minimum atomic E-state index is -2.46. The molecule has 0 aliphatic carbocycles. The van der Waals surface area contributed by atoms with Gasteiger partial charge in [-0.3, -0.25) is 4.90 Å². The van der Waals surface area contributed by atoms with Gasteiger partial charge in [-0.05, 0) is 23.8 Å². The third kappa shape index (κ3) is 5.17. The Morgan fingerprint density at radius 1 is 1.00 bits per heavy atom. The van der Waals surface area contributed by atoms with Gasteiger partial charge < -0.3 is 5.32 Å².